The van der Waals surface area contributed by atoms with Gasteiger partial charge in [-0.1, -0.05) is 36.4 Å². The molecule has 0 saturated carbocycles. The number of nitrogen functional groups attached to an aromatic ring is 1. The molecule has 0 spiro atoms. The summed E-state index contributed by atoms with van der Waals surface area (Å²) in [5.74, 6) is 0.0735. The van der Waals surface area contributed by atoms with Crippen LogP contribution in [0.15, 0.2) is 54.6 Å². The van der Waals surface area contributed by atoms with E-state index in [9.17, 15) is 9.18 Å². The Morgan fingerprint density at radius 1 is 1.21 bits per heavy atom. The summed E-state index contributed by atoms with van der Waals surface area (Å²) in [6.45, 7) is 2.68. The first-order chi connectivity index (χ1) is 15.9. The first-order valence-electron chi connectivity index (χ1n) is 10.9. The van der Waals surface area contributed by atoms with Crippen molar-refractivity contribution in [3.05, 3.63) is 71.5 Å². The summed E-state index contributed by atoms with van der Waals surface area (Å²) in [6, 6.07) is 17.7. The van der Waals surface area contributed by atoms with Crippen LogP contribution in [0.4, 0.5) is 16.2 Å². The van der Waals surface area contributed by atoms with Gasteiger partial charge < -0.3 is 16.0 Å². The highest BCUT2D eigenvalue weighted by atomic mass is 19.1. The number of carbonyl (C=O) groups excluding carboxylic acids is 1. The zero-order valence-corrected chi connectivity index (χ0v) is 18.3. The van der Waals surface area contributed by atoms with Crippen molar-refractivity contribution in [2.75, 3.05) is 17.2 Å². The average molecular weight is 445 g/mol. The molecule has 2 atom stereocenters. The molecule has 0 bridgehead atoms. The van der Waals surface area contributed by atoms with Gasteiger partial charge in [-0.05, 0) is 37.5 Å². The number of halogens is 1. The predicted octanol–water partition coefficient (Wildman–Crippen LogP) is 3.45. The van der Waals surface area contributed by atoms with Crippen LogP contribution in [0.5, 0.6) is 0 Å². The molecule has 4 rings (SSSR count). The number of aromatic nitrogens is 2. The molecule has 1 aliphatic rings. The Morgan fingerprint density at radius 3 is 2.73 bits per heavy atom. The van der Waals surface area contributed by atoms with E-state index in [0.29, 0.717) is 30.0 Å². The van der Waals surface area contributed by atoms with Gasteiger partial charge in [0.1, 0.15) is 17.7 Å². The van der Waals surface area contributed by atoms with Crippen LogP contribution in [0.25, 0.3) is 11.3 Å². The van der Waals surface area contributed by atoms with Gasteiger partial charge in [-0.2, -0.15) is 10.2 Å². The Kier molecular flexibility index (Phi) is 6.50. The Balaban J connectivity index is 1.52. The molecule has 1 aromatic heterocycles. The summed E-state index contributed by atoms with van der Waals surface area (Å²) in [7, 11) is 0. The number of nitrogens with two attached hydrogens (primary N) is 1. The number of nitrogens with one attached hydrogen (secondary N) is 1. The largest absolute Gasteiger partial charge is 0.368 e. The molecule has 0 aliphatic carbocycles. The van der Waals surface area contributed by atoms with Crippen LogP contribution >= 0.6 is 0 Å². The smallest absolute Gasteiger partial charge is 0.224 e. The molecule has 8 heteroatoms. The topological polar surface area (TPSA) is 108 Å². The molecule has 1 fully saturated rings. The Hall–Kier alpha value is -3.99. The fourth-order valence-electron chi connectivity index (χ4n) is 4.12. The minimum atomic E-state index is -0.610. The quantitative estimate of drug-likeness (QED) is 0.624. The SMILES string of the molecule is CC1CCC(NC(=O)Cc2ccccc2)CN1c1cc(-c2ccc(C#N)c(F)c2)nc(N)n1. The fourth-order valence-corrected chi connectivity index (χ4v) is 4.12. The number of piperidine rings is 1. The van der Waals surface area contributed by atoms with Crippen molar-refractivity contribution in [1.82, 2.24) is 15.3 Å². The maximum atomic E-state index is 14.1. The highest BCUT2D eigenvalue weighted by Gasteiger charge is 2.28. The van der Waals surface area contributed by atoms with E-state index < -0.39 is 5.82 Å². The molecular formula is C25H25FN6O. The van der Waals surface area contributed by atoms with E-state index in [0.717, 1.165) is 18.4 Å². The lowest BCUT2D eigenvalue weighted by atomic mass is 9.98. The average Bonchev–Trinajstić information content (AvgIpc) is 2.80. The van der Waals surface area contributed by atoms with Gasteiger partial charge in [-0.15, -0.1) is 0 Å². The van der Waals surface area contributed by atoms with Crippen molar-refractivity contribution in [2.45, 2.75) is 38.3 Å². The Morgan fingerprint density at radius 2 is 2.00 bits per heavy atom. The number of benzene rings is 2. The lowest BCUT2D eigenvalue weighted by Gasteiger charge is -2.39. The number of hydrogen-bond acceptors (Lipinski definition) is 6. The molecule has 3 N–H and O–H groups in total. The summed E-state index contributed by atoms with van der Waals surface area (Å²) in [5.41, 5.74) is 7.91. The van der Waals surface area contributed by atoms with Crippen LogP contribution in [0, 0.1) is 17.1 Å². The molecule has 1 amide bonds. The van der Waals surface area contributed by atoms with E-state index in [1.54, 1.807) is 12.1 Å². The van der Waals surface area contributed by atoms with Crippen molar-refractivity contribution >= 4 is 17.7 Å². The summed E-state index contributed by atoms with van der Waals surface area (Å²) in [5, 5.41) is 12.1. The molecule has 2 unspecified atom stereocenters. The zero-order chi connectivity index (χ0) is 23.4. The second kappa shape index (κ2) is 9.65. The first-order valence-corrected chi connectivity index (χ1v) is 10.9. The predicted molar refractivity (Wildman–Crippen MR) is 125 cm³/mol. The number of anilines is 2. The zero-order valence-electron chi connectivity index (χ0n) is 18.3. The summed E-state index contributed by atoms with van der Waals surface area (Å²) in [6.07, 6.45) is 2.08. The van der Waals surface area contributed by atoms with E-state index in [1.165, 1.54) is 12.1 Å². The number of amides is 1. The molecule has 3 aromatic rings. The Labute approximate surface area is 192 Å². The van der Waals surface area contributed by atoms with Crippen LogP contribution in [-0.2, 0) is 11.2 Å². The molecule has 0 radical (unpaired) electrons. The molecule has 33 heavy (non-hydrogen) atoms. The monoisotopic (exact) mass is 444 g/mol. The van der Waals surface area contributed by atoms with Crippen LogP contribution in [0.1, 0.15) is 30.9 Å². The van der Waals surface area contributed by atoms with Gasteiger partial charge in [-0.25, -0.2) is 9.37 Å². The maximum absolute atomic E-state index is 14.1. The van der Waals surface area contributed by atoms with Gasteiger partial charge >= 0.3 is 0 Å². The van der Waals surface area contributed by atoms with Crippen LogP contribution < -0.4 is 16.0 Å². The van der Waals surface area contributed by atoms with Crippen molar-refractivity contribution < 1.29 is 9.18 Å². The fraction of sp³-hybridized carbons (Fsp3) is 0.280. The van der Waals surface area contributed by atoms with Crippen molar-refractivity contribution in [3.63, 3.8) is 0 Å². The van der Waals surface area contributed by atoms with E-state index in [4.69, 9.17) is 11.0 Å². The summed E-state index contributed by atoms with van der Waals surface area (Å²) >= 11 is 0. The normalized spacial score (nSPS) is 17.9. The van der Waals surface area contributed by atoms with Crippen molar-refractivity contribution in [1.29, 1.82) is 5.26 Å². The minimum Gasteiger partial charge on any atom is -0.368 e. The van der Waals surface area contributed by atoms with Gasteiger partial charge in [0.05, 0.1) is 17.7 Å². The molecule has 2 aromatic carbocycles. The van der Waals surface area contributed by atoms with E-state index in [2.05, 4.69) is 27.1 Å². The van der Waals surface area contributed by atoms with Gasteiger partial charge in [0, 0.05) is 30.3 Å². The number of hydrogen-bond donors (Lipinski definition) is 2. The second-order valence-electron chi connectivity index (χ2n) is 8.28. The van der Waals surface area contributed by atoms with Crippen LogP contribution in [-0.4, -0.2) is 34.5 Å². The van der Waals surface area contributed by atoms with Gasteiger partial charge in [0.15, 0.2) is 0 Å². The number of rotatable bonds is 5. The molecule has 1 aliphatic heterocycles. The van der Waals surface area contributed by atoms with Gasteiger partial charge in [0.2, 0.25) is 11.9 Å². The highest BCUT2D eigenvalue weighted by molar-refractivity contribution is 5.79. The third-order valence-electron chi connectivity index (χ3n) is 5.86. The van der Waals surface area contributed by atoms with Crippen LogP contribution in [0.3, 0.4) is 0 Å². The minimum absolute atomic E-state index is 0.0170. The third-order valence-corrected chi connectivity index (χ3v) is 5.86. The van der Waals surface area contributed by atoms with E-state index >= 15 is 0 Å². The molecule has 7 nitrogen and oxygen atoms in total. The number of nitriles is 1. The van der Waals surface area contributed by atoms with E-state index in [1.807, 2.05) is 36.4 Å². The van der Waals surface area contributed by atoms with E-state index in [-0.39, 0.29) is 29.5 Å². The molecule has 168 valence electrons. The summed E-state index contributed by atoms with van der Waals surface area (Å²) in [4.78, 5) is 23.3. The maximum Gasteiger partial charge on any atom is 0.224 e. The molecule has 2 heterocycles. The Bertz CT molecular complexity index is 1190. The van der Waals surface area contributed by atoms with Crippen LogP contribution in [0.2, 0.25) is 0 Å². The highest BCUT2D eigenvalue weighted by Crippen LogP contribution is 2.28. The second-order valence-corrected chi connectivity index (χ2v) is 8.28. The molecular weight excluding hydrogens is 419 g/mol. The molecule has 1 saturated heterocycles. The van der Waals surface area contributed by atoms with Crippen molar-refractivity contribution in [3.8, 4) is 17.3 Å². The lowest BCUT2D eigenvalue weighted by molar-refractivity contribution is -0.121. The van der Waals surface area contributed by atoms with Gasteiger partial charge in [-0.3, -0.25) is 4.79 Å². The lowest BCUT2D eigenvalue weighted by Crippen LogP contribution is -2.51. The summed E-state index contributed by atoms with van der Waals surface area (Å²) < 4.78 is 14.1. The van der Waals surface area contributed by atoms with Crippen molar-refractivity contribution in [2.24, 2.45) is 0 Å². The third kappa shape index (κ3) is 5.26. The number of carbonyl (C=O) groups is 1. The van der Waals surface area contributed by atoms with Gasteiger partial charge in [0.25, 0.3) is 0 Å². The number of nitrogens with zero attached hydrogens (tertiary/aromatic N) is 4. The first kappa shape index (κ1) is 22.2. The standard InChI is InChI=1S/C25H25FN6O/c1-16-7-10-20(29-24(33)11-17-5-3-2-4-6-17)15-32(16)23-13-22(30-25(28)31-23)18-8-9-19(14-27)21(26)12-18/h2-6,8-9,12-13,16,20H,7,10-11,15H2,1H3,(H,29,33)(H2,28,30,31).